The van der Waals surface area contributed by atoms with Crippen LogP contribution >= 0.6 is 0 Å². The van der Waals surface area contributed by atoms with Gasteiger partial charge < -0.3 is 24.2 Å². The minimum atomic E-state index is -1.16. The number of fused-ring (bicyclic) bond motifs is 1. The second kappa shape index (κ2) is 8.98. The molecule has 1 aliphatic rings. The Hall–Kier alpha value is -3.15. The number of para-hydroxylation sites is 2. The van der Waals surface area contributed by atoms with Crippen LogP contribution in [0.25, 0.3) is 0 Å². The maximum atomic E-state index is 11.1. The van der Waals surface area contributed by atoms with Crippen LogP contribution in [-0.2, 0) is 20.8 Å². The molecular weight excluding hydrogens is 346 g/mol. The van der Waals surface area contributed by atoms with E-state index in [1.807, 2.05) is 42.5 Å². The van der Waals surface area contributed by atoms with Crippen LogP contribution in [0.1, 0.15) is 12.5 Å². The summed E-state index contributed by atoms with van der Waals surface area (Å²) >= 11 is 0. The Balaban J connectivity index is 1.69. The summed E-state index contributed by atoms with van der Waals surface area (Å²) in [5.41, 5.74) is 2.24. The second-order valence-electron chi connectivity index (χ2n) is 6.13. The van der Waals surface area contributed by atoms with Gasteiger partial charge in [0.25, 0.3) is 0 Å². The number of carbonyl (C=O) groups is 1. The minimum absolute atomic E-state index is 0.213. The highest BCUT2D eigenvalue weighted by molar-refractivity contribution is 5.83. The maximum absolute atomic E-state index is 11.1. The lowest BCUT2D eigenvalue weighted by molar-refractivity contribution is -0.136. The molecule has 1 N–H and O–H groups in total. The molecule has 1 atom stereocenters. The van der Waals surface area contributed by atoms with Gasteiger partial charge >= 0.3 is 5.97 Å². The van der Waals surface area contributed by atoms with E-state index < -0.39 is 5.97 Å². The molecule has 27 heavy (non-hydrogen) atoms. The average Bonchev–Trinajstić information content (AvgIpc) is 2.68. The van der Waals surface area contributed by atoms with Crippen LogP contribution in [0.15, 0.2) is 66.6 Å². The molecule has 1 unspecified atom stereocenters. The third-order valence-electron chi connectivity index (χ3n) is 4.12. The predicted molar refractivity (Wildman–Crippen MR) is 102 cm³/mol. The van der Waals surface area contributed by atoms with Gasteiger partial charge in [-0.1, -0.05) is 42.5 Å². The van der Waals surface area contributed by atoms with Gasteiger partial charge in [0.15, 0.2) is 0 Å². The number of hydrogen-bond acceptors (Lipinski definition) is 5. The van der Waals surface area contributed by atoms with Crippen LogP contribution in [0, 0.1) is 0 Å². The van der Waals surface area contributed by atoms with Crippen molar-refractivity contribution in [2.75, 3.05) is 24.7 Å². The van der Waals surface area contributed by atoms with Gasteiger partial charge in [0.05, 0.1) is 18.8 Å². The lowest BCUT2D eigenvalue weighted by atomic mass is 10.1. The summed E-state index contributed by atoms with van der Waals surface area (Å²) in [4.78, 5) is 13.3. The summed E-state index contributed by atoms with van der Waals surface area (Å²) < 4.78 is 16.5. The van der Waals surface area contributed by atoms with E-state index in [0.717, 1.165) is 24.2 Å². The van der Waals surface area contributed by atoms with Gasteiger partial charge in [-0.05, 0) is 24.6 Å². The normalized spacial score (nSPS) is 16.3. The molecule has 1 heterocycles. The number of carboxylic acids is 1. The van der Waals surface area contributed by atoms with E-state index in [1.165, 1.54) is 5.56 Å². The molecule has 2 aromatic rings. The topological polar surface area (TPSA) is 68.2 Å². The number of nitrogens with zero attached hydrogens (tertiary/aromatic N) is 1. The molecule has 1 aliphatic heterocycles. The molecule has 0 amide bonds. The monoisotopic (exact) mass is 369 g/mol. The van der Waals surface area contributed by atoms with Crippen molar-refractivity contribution < 1.29 is 24.1 Å². The lowest BCUT2D eigenvalue weighted by Crippen LogP contribution is -2.42. The van der Waals surface area contributed by atoms with Gasteiger partial charge in [-0.2, -0.15) is 0 Å². The maximum Gasteiger partial charge on any atom is 0.374 e. The molecule has 0 saturated carbocycles. The van der Waals surface area contributed by atoms with E-state index in [9.17, 15) is 4.79 Å². The fourth-order valence-electron chi connectivity index (χ4n) is 2.95. The van der Waals surface area contributed by atoms with Crippen molar-refractivity contribution >= 4 is 11.7 Å². The van der Waals surface area contributed by atoms with E-state index in [4.69, 9.17) is 19.3 Å². The SMILES string of the molecule is CCO/C(=C/OCC1CN(Cc2ccccc2)c2ccccc2O1)C(=O)O. The zero-order valence-electron chi connectivity index (χ0n) is 15.2. The largest absolute Gasteiger partial charge is 0.493 e. The van der Waals surface area contributed by atoms with Crippen molar-refractivity contribution in [1.29, 1.82) is 0 Å². The third kappa shape index (κ3) is 4.94. The van der Waals surface area contributed by atoms with Gasteiger partial charge in [0.1, 0.15) is 24.7 Å². The van der Waals surface area contributed by atoms with E-state index in [0.29, 0.717) is 6.54 Å². The number of rotatable bonds is 8. The quantitative estimate of drug-likeness (QED) is 0.568. The molecule has 6 nitrogen and oxygen atoms in total. The Morgan fingerprint density at radius 1 is 1.22 bits per heavy atom. The Bertz CT molecular complexity index is 790. The zero-order valence-corrected chi connectivity index (χ0v) is 15.2. The molecule has 0 fully saturated rings. The first-order chi connectivity index (χ1) is 13.2. The van der Waals surface area contributed by atoms with Crippen LogP contribution in [0.5, 0.6) is 5.75 Å². The number of ether oxygens (including phenoxy) is 3. The van der Waals surface area contributed by atoms with Crippen molar-refractivity contribution in [3.8, 4) is 5.75 Å². The number of anilines is 1. The number of aliphatic carboxylic acids is 1. The van der Waals surface area contributed by atoms with Gasteiger partial charge in [0, 0.05) is 6.54 Å². The number of benzene rings is 2. The second-order valence-corrected chi connectivity index (χ2v) is 6.13. The fraction of sp³-hybridized carbons (Fsp3) is 0.286. The summed E-state index contributed by atoms with van der Waals surface area (Å²) in [6.07, 6.45) is 0.911. The zero-order chi connectivity index (χ0) is 19.1. The van der Waals surface area contributed by atoms with Crippen molar-refractivity contribution in [2.45, 2.75) is 19.6 Å². The van der Waals surface area contributed by atoms with Crippen molar-refractivity contribution in [3.05, 3.63) is 72.2 Å². The minimum Gasteiger partial charge on any atom is -0.493 e. The molecular formula is C21H23NO5. The van der Waals surface area contributed by atoms with Crippen molar-refractivity contribution in [1.82, 2.24) is 0 Å². The van der Waals surface area contributed by atoms with Crippen molar-refractivity contribution in [2.24, 2.45) is 0 Å². The summed E-state index contributed by atoms with van der Waals surface area (Å²) in [7, 11) is 0. The van der Waals surface area contributed by atoms with Crippen molar-refractivity contribution in [3.63, 3.8) is 0 Å². The third-order valence-corrected chi connectivity index (χ3v) is 4.12. The molecule has 0 aromatic heterocycles. The Morgan fingerprint density at radius 3 is 2.70 bits per heavy atom. The predicted octanol–water partition coefficient (Wildman–Crippen LogP) is 3.43. The molecule has 6 heteroatoms. The summed E-state index contributed by atoms with van der Waals surface area (Å²) in [6.45, 7) is 3.60. The van der Waals surface area contributed by atoms with Gasteiger partial charge in [-0.3, -0.25) is 0 Å². The molecule has 0 saturated heterocycles. The molecule has 0 spiro atoms. The van der Waals surface area contributed by atoms with Gasteiger partial charge in [-0.15, -0.1) is 0 Å². The van der Waals surface area contributed by atoms with Crippen LogP contribution in [0.2, 0.25) is 0 Å². The van der Waals surface area contributed by atoms with E-state index >= 15 is 0 Å². The van der Waals surface area contributed by atoms with Crippen LogP contribution in [0.3, 0.4) is 0 Å². The molecule has 0 aliphatic carbocycles. The van der Waals surface area contributed by atoms with Crippen LogP contribution in [0.4, 0.5) is 5.69 Å². The van der Waals surface area contributed by atoms with Crippen LogP contribution < -0.4 is 9.64 Å². The van der Waals surface area contributed by atoms with E-state index in [-0.39, 0.29) is 25.1 Å². The standard InChI is InChI=1S/C21H23NO5/c1-2-26-20(21(23)24)15-25-14-17-13-22(12-16-8-4-3-5-9-16)18-10-6-7-11-19(18)27-17/h3-11,15,17H,2,12-14H2,1H3,(H,23,24)/b20-15+. The van der Waals surface area contributed by atoms with Crippen LogP contribution in [-0.4, -0.2) is 36.9 Å². The molecule has 0 bridgehead atoms. The Labute approximate surface area is 158 Å². The summed E-state index contributed by atoms with van der Waals surface area (Å²) in [6, 6.07) is 18.1. The highest BCUT2D eigenvalue weighted by atomic mass is 16.5. The van der Waals surface area contributed by atoms with E-state index in [2.05, 4.69) is 17.0 Å². The average molecular weight is 369 g/mol. The van der Waals surface area contributed by atoms with Gasteiger partial charge in [-0.25, -0.2) is 4.79 Å². The molecule has 2 aromatic carbocycles. The highest BCUT2D eigenvalue weighted by Crippen LogP contribution is 2.34. The Morgan fingerprint density at radius 2 is 1.96 bits per heavy atom. The smallest absolute Gasteiger partial charge is 0.374 e. The fourth-order valence-corrected chi connectivity index (χ4v) is 2.95. The summed E-state index contributed by atoms with van der Waals surface area (Å²) in [5, 5.41) is 9.06. The molecule has 142 valence electrons. The molecule has 3 rings (SSSR count). The first-order valence-corrected chi connectivity index (χ1v) is 8.89. The number of carboxylic acid groups (broad SMARTS) is 1. The number of hydrogen-bond donors (Lipinski definition) is 1. The Kier molecular flexibility index (Phi) is 6.20. The molecule has 0 radical (unpaired) electrons. The summed E-state index contributed by atoms with van der Waals surface area (Å²) in [5.74, 6) is -0.576. The first kappa shape index (κ1) is 18.6. The first-order valence-electron chi connectivity index (χ1n) is 8.89. The van der Waals surface area contributed by atoms with Gasteiger partial charge in [0.2, 0.25) is 5.76 Å². The lowest BCUT2D eigenvalue weighted by Gasteiger charge is -2.36. The highest BCUT2D eigenvalue weighted by Gasteiger charge is 2.26. The van der Waals surface area contributed by atoms with E-state index in [1.54, 1.807) is 6.92 Å².